The number of aromatic nitrogens is 1. The van der Waals surface area contributed by atoms with Gasteiger partial charge in [-0.15, -0.1) is 0 Å². The summed E-state index contributed by atoms with van der Waals surface area (Å²) < 4.78 is 4.93. The predicted octanol–water partition coefficient (Wildman–Crippen LogP) is 1.81. The maximum Gasteiger partial charge on any atom is 0.340 e. The highest BCUT2D eigenvalue weighted by Crippen LogP contribution is 2.26. The molecule has 0 atom stereocenters. The van der Waals surface area contributed by atoms with Crippen molar-refractivity contribution in [3.8, 4) is 0 Å². The number of esters is 1. The fourth-order valence-corrected chi connectivity index (χ4v) is 2.17. The Morgan fingerprint density at radius 1 is 1.11 bits per heavy atom. The maximum atomic E-state index is 12.0. The van der Waals surface area contributed by atoms with Gasteiger partial charge in [0.25, 0.3) is 0 Å². The molecule has 1 aromatic rings. The minimum atomic E-state index is -0.625. The Morgan fingerprint density at radius 3 is 2.26 bits per heavy atom. The van der Waals surface area contributed by atoms with Crippen LogP contribution in [0.15, 0.2) is 12.2 Å². The zero-order valence-corrected chi connectivity index (χ0v) is 10.9. The van der Waals surface area contributed by atoms with Crippen molar-refractivity contribution >= 4 is 17.5 Å². The number of hydrogen-bond donors (Lipinski definition) is 0. The molecule has 0 amide bonds. The molecule has 0 spiro atoms. The van der Waals surface area contributed by atoms with E-state index in [2.05, 4.69) is 4.98 Å². The molecule has 0 bridgehead atoms. The third-order valence-corrected chi connectivity index (χ3v) is 2.92. The molecule has 0 unspecified atom stereocenters. The lowest BCUT2D eigenvalue weighted by molar-refractivity contribution is 0.0522. The first-order chi connectivity index (χ1) is 8.97. The van der Waals surface area contributed by atoms with Gasteiger partial charge in [-0.05, 0) is 32.9 Å². The number of ether oxygens (including phenoxy) is 1. The number of carbonyl (C=O) groups excluding carboxylic acids is 3. The van der Waals surface area contributed by atoms with E-state index in [4.69, 9.17) is 4.74 Å². The molecule has 1 heterocycles. The summed E-state index contributed by atoms with van der Waals surface area (Å²) in [6.45, 7) is 5.13. The lowest BCUT2D eigenvalue weighted by atomic mass is 9.89. The average Bonchev–Trinajstić information content (AvgIpc) is 2.33. The van der Waals surface area contributed by atoms with Gasteiger partial charge in [0, 0.05) is 5.69 Å². The van der Waals surface area contributed by atoms with Gasteiger partial charge in [0.05, 0.1) is 29.0 Å². The van der Waals surface area contributed by atoms with Crippen LogP contribution in [0.4, 0.5) is 0 Å². The normalized spacial score (nSPS) is 13.4. The Balaban J connectivity index is 2.76. The van der Waals surface area contributed by atoms with Crippen LogP contribution in [0.3, 0.4) is 0 Å². The summed E-state index contributed by atoms with van der Waals surface area (Å²) >= 11 is 0. The first kappa shape index (κ1) is 13.1. The summed E-state index contributed by atoms with van der Waals surface area (Å²) in [6.07, 6.45) is 2.37. The van der Waals surface area contributed by atoms with Gasteiger partial charge in [0.15, 0.2) is 11.6 Å². The molecular weight excluding hydrogens is 246 g/mol. The van der Waals surface area contributed by atoms with Crippen molar-refractivity contribution in [2.45, 2.75) is 20.8 Å². The first-order valence-electron chi connectivity index (χ1n) is 5.92. The van der Waals surface area contributed by atoms with Crippen molar-refractivity contribution in [2.24, 2.45) is 0 Å². The van der Waals surface area contributed by atoms with Crippen molar-refractivity contribution in [3.05, 3.63) is 40.2 Å². The van der Waals surface area contributed by atoms with Crippen molar-refractivity contribution in [3.63, 3.8) is 0 Å². The van der Waals surface area contributed by atoms with Gasteiger partial charge in [-0.1, -0.05) is 0 Å². The predicted molar refractivity (Wildman–Crippen MR) is 67.5 cm³/mol. The molecule has 2 rings (SSSR count). The van der Waals surface area contributed by atoms with Gasteiger partial charge in [0.1, 0.15) is 0 Å². The van der Waals surface area contributed by atoms with E-state index in [1.54, 1.807) is 20.8 Å². The molecule has 1 aliphatic carbocycles. The molecule has 5 nitrogen and oxygen atoms in total. The monoisotopic (exact) mass is 259 g/mol. The standard InChI is InChI=1S/C14H13NO4/c1-4-19-14(18)12-8(3)15-7(2)11-9(16)5-6-10(17)13(11)12/h5-6H,4H2,1-3H3. The van der Waals surface area contributed by atoms with Gasteiger partial charge < -0.3 is 4.74 Å². The number of pyridine rings is 1. The molecule has 5 heteroatoms. The highest BCUT2D eigenvalue weighted by Gasteiger charge is 2.30. The van der Waals surface area contributed by atoms with E-state index in [0.29, 0.717) is 11.4 Å². The molecule has 1 aromatic heterocycles. The zero-order valence-electron chi connectivity index (χ0n) is 10.9. The minimum absolute atomic E-state index is 0.0881. The largest absolute Gasteiger partial charge is 0.462 e. The van der Waals surface area contributed by atoms with Crippen LogP contribution >= 0.6 is 0 Å². The highest BCUT2D eigenvalue weighted by atomic mass is 16.5. The average molecular weight is 259 g/mol. The number of allylic oxidation sites excluding steroid dienone is 2. The Labute approximate surface area is 110 Å². The van der Waals surface area contributed by atoms with Crippen LogP contribution in [0, 0.1) is 13.8 Å². The van der Waals surface area contributed by atoms with Crippen molar-refractivity contribution in [1.29, 1.82) is 0 Å². The Morgan fingerprint density at radius 2 is 1.68 bits per heavy atom. The number of fused-ring (bicyclic) bond motifs is 1. The van der Waals surface area contributed by atoms with E-state index < -0.39 is 5.97 Å². The third kappa shape index (κ3) is 2.07. The summed E-state index contributed by atoms with van der Waals surface area (Å²) in [7, 11) is 0. The van der Waals surface area contributed by atoms with E-state index in [-0.39, 0.29) is 34.9 Å². The lowest BCUT2D eigenvalue weighted by Crippen LogP contribution is -2.22. The molecule has 0 N–H and O–H groups in total. The molecule has 0 aromatic carbocycles. The van der Waals surface area contributed by atoms with Gasteiger partial charge in [-0.3, -0.25) is 14.6 Å². The first-order valence-corrected chi connectivity index (χ1v) is 5.92. The molecule has 0 saturated carbocycles. The quantitative estimate of drug-likeness (QED) is 0.757. The maximum absolute atomic E-state index is 12.0. The molecule has 0 saturated heterocycles. The van der Waals surface area contributed by atoms with E-state index >= 15 is 0 Å². The summed E-state index contributed by atoms with van der Waals surface area (Å²) in [6, 6.07) is 0. The van der Waals surface area contributed by atoms with E-state index in [1.807, 2.05) is 0 Å². The SMILES string of the molecule is CCOC(=O)c1c(C)nc(C)c2c1C(=O)C=CC2=O. The number of hydrogen-bond acceptors (Lipinski definition) is 5. The van der Waals surface area contributed by atoms with Gasteiger partial charge in [0.2, 0.25) is 0 Å². The van der Waals surface area contributed by atoms with Crippen LogP contribution in [0.5, 0.6) is 0 Å². The van der Waals surface area contributed by atoms with Crippen molar-refractivity contribution < 1.29 is 19.1 Å². The van der Waals surface area contributed by atoms with Gasteiger partial charge >= 0.3 is 5.97 Å². The lowest BCUT2D eigenvalue weighted by Gasteiger charge is -2.17. The van der Waals surface area contributed by atoms with E-state index in [9.17, 15) is 14.4 Å². The zero-order chi connectivity index (χ0) is 14.2. The molecule has 98 valence electrons. The molecule has 1 aliphatic rings. The summed E-state index contributed by atoms with van der Waals surface area (Å²) in [5.41, 5.74) is 1.23. The summed E-state index contributed by atoms with van der Waals surface area (Å²) in [5.74, 6) is -1.31. The number of aryl methyl sites for hydroxylation is 2. The van der Waals surface area contributed by atoms with Crippen LogP contribution in [-0.2, 0) is 4.74 Å². The molecular formula is C14H13NO4. The topological polar surface area (TPSA) is 73.3 Å². The Bertz CT molecular complexity index is 629. The second kappa shape index (κ2) is 4.76. The fourth-order valence-electron chi connectivity index (χ4n) is 2.17. The molecule has 0 aliphatic heterocycles. The molecule has 0 radical (unpaired) electrons. The van der Waals surface area contributed by atoms with Crippen LogP contribution < -0.4 is 0 Å². The van der Waals surface area contributed by atoms with Gasteiger partial charge in [-0.25, -0.2) is 4.79 Å². The Hall–Kier alpha value is -2.30. The number of carbonyl (C=O) groups is 3. The highest BCUT2D eigenvalue weighted by molar-refractivity contribution is 6.25. The van der Waals surface area contributed by atoms with E-state index in [0.717, 1.165) is 0 Å². The fraction of sp³-hybridized carbons (Fsp3) is 0.286. The van der Waals surface area contributed by atoms with Crippen LogP contribution in [-0.4, -0.2) is 29.1 Å². The number of ketones is 2. The smallest absolute Gasteiger partial charge is 0.340 e. The van der Waals surface area contributed by atoms with E-state index in [1.165, 1.54) is 12.2 Å². The van der Waals surface area contributed by atoms with Crippen LogP contribution in [0.1, 0.15) is 49.4 Å². The molecule has 0 fully saturated rings. The van der Waals surface area contributed by atoms with Gasteiger partial charge in [-0.2, -0.15) is 0 Å². The minimum Gasteiger partial charge on any atom is -0.462 e. The summed E-state index contributed by atoms with van der Waals surface area (Å²) in [4.78, 5) is 40.0. The van der Waals surface area contributed by atoms with Crippen LogP contribution in [0.2, 0.25) is 0 Å². The number of rotatable bonds is 2. The number of nitrogens with zero attached hydrogens (tertiary/aromatic N) is 1. The third-order valence-electron chi connectivity index (χ3n) is 2.92. The van der Waals surface area contributed by atoms with Crippen molar-refractivity contribution in [2.75, 3.05) is 6.61 Å². The Kier molecular flexibility index (Phi) is 3.29. The second-order valence-corrected chi connectivity index (χ2v) is 4.19. The summed E-state index contributed by atoms with van der Waals surface area (Å²) in [5, 5.41) is 0. The second-order valence-electron chi connectivity index (χ2n) is 4.19. The van der Waals surface area contributed by atoms with Crippen molar-refractivity contribution in [1.82, 2.24) is 4.98 Å². The molecule has 19 heavy (non-hydrogen) atoms. The van der Waals surface area contributed by atoms with Crippen LogP contribution in [0.25, 0.3) is 0 Å².